The summed E-state index contributed by atoms with van der Waals surface area (Å²) in [6, 6.07) is 0. The van der Waals surface area contributed by atoms with Crippen molar-refractivity contribution < 1.29 is 8.42 Å². The van der Waals surface area contributed by atoms with Crippen molar-refractivity contribution in [3.8, 4) is 0 Å². The van der Waals surface area contributed by atoms with E-state index < -0.39 is 9.84 Å². The molecule has 6 nitrogen and oxygen atoms in total. The van der Waals surface area contributed by atoms with Crippen LogP contribution in [0.1, 0.15) is 26.2 Å². The highest BCUT2D eigenvalue weighted by Gasteiger charge is 2.20. The van der Waals surface area contributed by atoms with Crippen LogP contribution < -0.4 is 5.73 Å². The molecule has 98 valence electrons. The van der Waals surface area contributed by atoms with Crippen LogP contribution >= 0.6 is 0 Å². The summed E-state index contributed by atoms with van der Waals surface area (Å²) in [6.07, 6.45) is 6.86. The molecule has 0 saturated heterocycles. The van der Waals surface area contributed by atoms with E-state index in [0.29, 0.717) is 17.8 Å². The number of nitrogens with zero attached hydrogens (tertiary/aromatic N) is 3. The van der Waals surface area contributed by atoms with Crippen LogP contribution in [0.15, 0.2) is 23.5 Å². The SMILES string of the molecule is CCCCCS(=O)(=O)c1cnn2cc(N)cnc12. The van der Waals surface area contributed by atoms with Gasteiger partial charge < -0.3 is 5.73 Å². The molecule has 0 amide bonds. The molecule has 7 heteroatoms. The third-order valence-corrected chi connectivity index (χ3v) is 4.48. The van der Waals surface area contributed by atoms with E-state index in [4.69, 9.17) is 5.73 Å². The first-order valence-electron chi connectivity index (χ1n) is 5.86. The van der Waals surface area contributed by atoms with E-state index in [2.05, 4.69) is 10.1 Å². The highest BCUT2D eigenvalue weighted by atomic mass is 32.2. The first-order valence-corrected chi connectivity index (χ1v) is 7.51. The second-order valence-electron chi connectivity index (χ2n) is 4.19. The van der Waals surface area contributed by atoms with Gasteiger partial charge in [0.25, 0.3) is 0 Å². The monoisotopic (exact) mass is 268 g/mol. The van der Waals surface area contributed by atoms with Gasteiger partial charge in [-0.05, 0) is 6.42 Å². The van der Waals surface area contributed by atoms with Crippen LogP contribution in [0.5, 0.6) is 0 Å². The van der Waals surface area contributed by atoms with Crippen molar-refractivity contribution in [1.29, 1.82) is 0 Å². The number of rotatable bonds is 5. The Balaban J connectivity index is 2.36. The fraction of sp³-hybridized carbons (Fsp3) is 0.455. The molecule has 0 bridgehead atoms. The number of aromatic nitrogens is 3. The first kappa shape index (κ1) is 12.8. The van der Waals surface area contributed by atoms with Gasteiger partial charge in [-0.3, -0.25) is 0 Å². The van der Waals surface area contributed by atoms with Crippen molar-refractivity contribution in [3.05, 3.63) is 18.6 Å². The van der Waals surface area contributed by atoms with Gasteiger partial charge in [0, 0.05) is 0 Å². The quantitative estimate of drug-likeness (QED) is 0.825. The van der Waals surface area contributed by atoms with Crippen LogP contribution in [0.4, 0.5) is 5.69 Å². The Hall–Kier alpha value is -1.63. The van der Waals surface area contributed by atoms with Gasteiger partial charge in [-0.15, -0.1) is 0 Å². The summed E-state index contributed by atoms with van der Waals surface area (Å²) >= 11 is 0. The average molecular weight is 268 g/mol. The molecule has 2 aromatic rings. The zero-order valence-corrected chi connectivity index (χ0v) is 11.0. The Morgan fingerprint density at radius 2 is 2.11 bits per heavy atom. The maximum absolute atomic E-state index is 12.1. The van der Waals surface area contributed by atoms with Gasteiger partial charge in [-0.25, -0.2) is 17.9 Å². The molecule has 0 aliphatic carbocycles. The Bertz CT molecular complexity index is 648. The molecular weight excluding hydrogens is 252 g/mol. The number of nitrogens with two attached hydrogens (primary N) is 1. The third kappa shape index (κ3) is 2.45. The van der Waals surface area contributed by atoms with Crippen molar-refractivity contribution in [3.63, 3.8) is 0 Å². The van der Waals surface area contributed by atoms with Gasteiger partial charge >= 0.3 is 0 Å². The van der Waals surface area contributed by atoms with Gasteiger partial charge in [-0.1, -0.05) is 19.8 Å². The van der Waals surface area contributed by atoms with Gasteiger partial charge in [0.15, 0.2) is 15.5 Å². The molecule has 0 atom stereocenters. The Morgan fingerprint density at radius 3 is 2.83 bits per heavy atom. The number of hydrogen-bond donors (Lipinski definition) is 1. The third-order valence-electron chi connectivity index (χ3n) is 2.70. The summed E-state index contributed by atoms with van der Waals surface area (Å²) in [5, 5.41) is 3.97. The van der Waals surface area contributed by atoms with Gasteiger partial charge in [-0.2, -0.15) is 5.10 Å². The summed E-state index contributed by atoms with van der Waals surface area (Å²) in [7, 11) is -3.32. The topological polar surface area (TPSA) is 90.3 Å². The molecule has 0 aliphatic heterocycles. The van der Waals surface area contributed by atoms with Crippen molar-refractivity contribution in [2.24, 2.45) is 0 Å². The predicted molar refractivity (Wildman–Crippen MR) is 69.0 cm³/mol. The fourth-order valence-corrected chi connectivity index (χ4v) is 3.18. The average Bonchev–Trinajstić information content (AvgIpc) is 2.72. The minimum atomic E-state index is -3.32. The molecule has 0 saturated carbocycles. The van der Waals surface area contributed by atoms with Crippen LogP contribution in [0, 0.1) is 0 Å². The second kappa shape index (κ2) is 4.93. The summed E-state index contributed by atoms with van der Waals surface area (Å²) in [5.74, 6) is 0.133. The van der Waals surface area contributed by atoms with Crippen molar-refractivity contribution in [2.75, 3.05) is 11.5 Å². The van der Waals surface area contributed by atoms with E-state index in [1.54, 1.807) is 6.20 Å². The smallest absolute Gasteiger partial charge is 0.183 e. The molecule has 0 fully saturated rings. The molecule has 18 heavy (non-hydrogen) atoms. The number of anilines is 1. The maximum atomic E-state index is 12.1. The molecule has 2 aromatic heterocycles. The first-order chi connectivity index (χ1) is 8.54. The largest absolute Gasteiger partial charge is 0.396 e. The lowest BCUT2D eigenvalue weighted by molar-refractivity contribution is 0.591. The van der Waals surface area contributed by atoms with Crippen molar-refractivity contribution in [2.45, 2.75) is 31.1 Å². The Kier molecular flexibility index (Phi) is 3.51. The lowest BCUT2D eigenvalue weighted by atomic mass is 10.3. The van der Waals surface area contributed by atoms with E-state index in [-0.39, 0.29) is 10.6 Å². The molecule has 2 N–H and O–H groups in total. The minimum absolute atomic E-state index is 0.133. The van der Waals surface area contributed by atoms with Gasteiger partial charge in [0.2, 0.25) is 0 Å². The number of hydrogen-bond acceptors (Lipinski definition) is 5. The highest BCUT2D eigenvalue weighted by Crippen LogP contribution is 2.18. The Morgan fingerprint density at radius 1 is 1.33 bits per heavy atom. The predicted octanol–water partition coefficient (Wildman–Crippen LogP) is 1.28. The number of sulfone groups is 1. The summed E-state index contributed by atoms with van der Waals surface area (Å²) in [6.45, 7) is 2.03. The zero-order chi connectivity index (χ0) is 13.2. The van der Waals surface area contributed by atoms with Crippen LogP contribution in [-0.2, 0) is 9.84 Å². The summed E-state index contributed by atoms with van der Waals surface area (Å²) in [4.78, 5) is 4.21. The van der Waals surface area contributed by atoms with Gasteiger partial charge in [0.1, 0.15) is 4.90 Å². The minimum Gasteiger partial charge on any atom is -0.396 e. The number of unbranched alkanes of at least 4 members (excludes halogenated alkanes) is 2. The molecule has 0 spiro atoms. The van der Waals surface area contributed by atoms with Crippen LogP contribution in [0.25, 0.3) is 5.65 Å². The van der Waals surface area contributed by atoms with Crippen LogP contribution in [0.3, 0.4) is 0 Å². The molecule has 0 unspecified atom stereocenters. The Labute approximate surface area is 106 Å². The fourth-order valence-electron chi connectivity index (χ4n) is 1.74. The second-order valence-corrected chi connectivity index (χ2v) is 6.27. The van der Waals surface area contributed by atoms with E-state index in [0.717, 1.165) is 12.8 Å². The molecule has 0 aromatic carbocycles. The van der Waals surface area contributed by atoms with Gasteiger partial charge in [0.05, 0.1) is 30.0 Å². The lowest BCUT2D eigenvalue weighted by Gasteiger charge is -2.01. The van der Waals surface area contributed by atoms with E-state index in [1.807, 2.05) is 6.92 Å². The van der Waals surface area contributed by atoms with E-state index >= 15 is 0 Å². The van der Waals surface area contributed by atoms with Crippen LogP contribution in [0.2, 0.25) is 0 Å². The van der Waals surface area contributed by atoms with E-state index in [9.17, 15) is 8.42 Å². The normalized spacial score (nSPS) is 12.1. The number of fused-ring (bicyclic) bond motifs is 1. The molecular formula is C11H16N4O2S. The molecule has 0 radical (unpaired) electrons. The van der Waals surface area contributed by atoms with Crippen molar-refractivity contribution in [1.82, 2.24) is 14.6 Å². The van der Waals surface area contributed by atoms with E-state index in [1.165, 1.54) is 16.9 Å². The number of nitrogen functional groups attached to an aromatic ring is 1. The summed E-state index contributed by atoms with van der Waals surface area (Å²) < 4.78 is 25.7. The molecule has 2 heterocycles. The molecule has 2 rings (SSSR count). The highest BCUT2D eigenvalue weighted by molar-refractivity contribution is 7.91. The van der Waals surface area contributed by atoms with Crippen molar-refractivity contribution >= 4 is 21.2 Å². The van der Waals surface area contributed by atoms with Crippen LogP contribution in [-0.4, -0.2) is 28.8 Å². The maximum Gasteiger partial charge on any atom is 0.183 e. The zero-order valence-electron chi connectivity index (χ0n) is 10.2. The standard InChI is InChI=1S/C11H16N4O2S/c1-2-3-4-5-18(16,17)10-7-14-15-8-9(12)6-13-11(10)15/h6-8H,2-5,12H2,1H3. The molecule has 0 aliphatic rings. The summed E-state index contributed by atoms with van der Waals surface area (Å²) in [5.41, 5.74) is 6.35. The lowest BCUT2D eigenvalue weighted by Crippen LogP contribution is -2.07.